The fourth-order valence-electron chi connectivity index (χ4n) is 0.709. The molecule has 0 fully saturated rings. The Bertz CT molecular complexity index is 228. The smallest absolute Gasteiger partial charge is 0.319 e. The molecule has 4 nitrogen and oxygen atoms in total. The molecule has 0 radical (unpaired) electrons. The van der Waals surface area contributed by atoms with Crippen LogP contribution in [0.1, 0.15) is 5.69 Å². The molecule has 60 valence electrons. The summed E-state index contributed by atoms with van der Waals surface area (Å²) in [6.45, 7) is 1.85. The number of ether oxygens (including phenoxy) is 2. The van der Waals surface area contributed by atoms with Crippen LogP contribution in [0.2, 0.25) is 0 Å². The van der Waals surface area contributed by atoms with Crippen molar-refractivity contribution in [3.8, 4) is 11.9 Å². The predicted octanol–water partition coefficient (Wildman–Crippen LogP) is 0.802. The fraction of sp³-hybridized carbons (Fsp3) is 0.429. The van der Waals surface area contributed by atoms with Crippen molar-refractivity contribution >= 4 is 0 Å². The highest BCUT2D eigenvalue weighted by Crippen LogP contribution is 2.11. The van der Waals surface area contributed by atoms with E-state index in [1.165, 1.54) is 7.11 Å². The lowest BCUT2D eigenvalue weighted by atomic mass is 10.4. The molecule has 4 heteroatoms. The van der Waals surface area contributed by atoms with Crippen molar-refractivity contribution in [3.63, 3.8) is 0 Å². The predicted molar refractivity (Wildman–Crippen MR) is 39.9 cm³/mol. The molecule has 1 aromatic rings. The lowest BCUT2D eigenvalue weighted by Crippen LogP contribution is -1.96. The van der Waals surface area contributed by atoms with E-state index in [9.17, 15) is 0 Å². The maximum absolute atomic E-state index is 4.91. The highest BCUT2D eigenvalue weighted by Gasteiger charge is 1.99. The maximum Gasteiger partial charge on any atom is 0.319 e. The number of aryl methyl sites for hydroxylation is 1. The summed E-state index contributed by atoms with van der Waals surface area (Å²) in [6.07, 6.45) is 0. The topological polar surface area (TPSA) is 44.2 Å². The lowest BCUT2D eigenvalue weighted by molar-refractivity contribution is 0.351. The molecule has 0 amide bonds. The van der Waals surface area contributed by atoms with Gasteiger partial charge in [-0.1, -0.05) is 0 Å². The third kappa shape index (κ3) is 1.80. The van der Waals surface area contributed by atoms with Gasteiger partial charge in [0.2, 0.25) is 5.88 Å². The van der Waals surface area contributed by atoms with Crippen LogP contribution in [-0.4, -0.2) is 24.2 Å². The molecule has 1 aromatic heterocycles. The maximum atomic E-state index is 4.91. The van der Waals surface area contributed by atoms with E-state index in [4.69, 9.17) is 9.47 Å². The normalized spacial score (nSPS) is 9.36. The molecule has 0 unspecified atom stereocenters. The van der Waals surface area contributed by atoms with E-state index in [1.807, 2.05) is 6.92 Å². The van der Waals surface area contributed by atoms with Crippen LogP contribution in [0.3, 0.4) is 0 Å². The Hall–Kier alpha value is -1.32. The molecule has 1 rings (SSSR count). The average molecular weight is 154 g/mol. The summed E-state index contributed by atoms with van der Waals surface area (Å²) >= 11 is 0. The van der Waals surface area contributed by atoms with Gasteiger partial charge < -0.3 is 9.47 Å². The third-order valence-corrected chi connectivity index (χ3v) is 1.20. The first kappa shape index (κ1) is 7.78. The summed E-state index contributed by atoms with van der Waals surface area (Å²) in [6, 6.07) is 2.07. The molecule has 0 bridgehead atoms. The van der Waals surface area contributed by atoms with E-state index in [1.54, 1.807) is 13.2 Å². The van der Waals surface area contributed by atoms with Crippen LogP contribution in [0.4, 0.5) is 0 Å². The summed E-state index contributed by atoms with van der Waals surface area (Å²) in [7, 11) is 3.08. The van der Waals surface area contributed by atoms with Gasteiger partial charge in [-0.3, -0.25) is 0 Å². The third-order valence-electron chi connectivity index (χ3n) is 1.20. The van der Waals surface area contributed by atoms with Crippen LogP contribution >= 0.6 is 0 Å². The molecule has 11 heavy (non-hydrogen) atoms. The minimum absolute atomic E-state index is 0.335. The Morgan fingerprint density at radius 3 is 2.45 bits per heavy atom. The van der Waals surface area contributed by atoms with Gasteiger partial charge in [0, 0.05) is 11.8 Å². The molecule has 0 spiro atoms. The zero-order valence-electron chi connectivity index (χ0n) is 6.79. The minimum atomic E-state index is 0.335. The lowest BCUT2D eigenvalue weighted by Gasteiger charge is -2.01. The Morgan fingerprint density at radius 1 is 1.18 bits per heavy atom. The van der Waals surface area contributed by atoms with E-state index >= 15 is 0 Å². The van der Waals surface area contributed by atoms with Crippen LogP contribution in [-0.2, 0) is 0 Å². The summed E-state index contributed by atoms with van der Waals surface area (Å²) in [4.78, 5) is 7.90. The van der Waals surface area contributed by atoms with Gasteiger partial charge in [0.1, 0.15) is 0 Å². The van der Waals surface area contributed by atoms with Crippen molar-refractivity contribution in [2.24, 2.45) is 0 Å². The highest BCUT2D eigenvalue weighted by molar-refractivity contribution is 5.17. The van der Waals surface area contributed by atoms with Crippen LogP contribution in [0.15, 0.2) is 6.07 Å². The number of hydrogen-bond donors (Lipinski definition) is 0. The molecule has 0 aliphatic rings. The number of hydrogen-bond acceptors (Lipinski definition) is 4. The van der Waals surface area contributed by atoms with E-state index in [-0.39, 0.29) is 0 Å². The van der Waals surface area contributed by atoms with Gasteiger partial charge in [0.25, 0.3) is 0 Å². The molecule has 0 atom stereocenters. The van der Waals surface area contributed by atoms with Gasteiger partial charge in [-0.15, -0.1) is 0 Å². The molecule has 1 heterocycles. The van der Waals surface area contributed by atoms with Gasteiger partial charge in [-0.05, 0) is 6.92 Å². The number of methoxy groups -OCH3 is 2. The first-order valence-corrected chi connectivity index (χ1v) is 3.20. The van der Waals surface area contributed by atoms with Crippen molar-refractivity contribution in [3.05, 3.63) is 11.8 Å². The molecule has 0 N–H and O–H groups in total. The first-order valence-electron chi connectivity index (χ1n) is 3.20. The molecular weight excluding hydrogens is 144 g/mol. The highest BCUT2D eigenvalue weighted by atomic mass is 16.5. The molecule has 0 saturated carbocycles. The Morgan fingerprint density at radius 2 is 1.91 bits per heavy atom. The molecule has 0 aliphatic carbocycles. The first-order chi connectivity index (χ1) is 5.26. The van der Waals surface area contributed by atoms with E-state index in [2.05, 4.69) is 9.97 Å². The van der Waals surface area contributed by atoms with Gasteiger partial charge in [0.05, 0.1) is 14.2 Å². The largest absolute Gasteiger partial charge is 0.481 e. The Labute approximate surface area is 65.2 Å². The van der Waals surface area contributed by atoms with Gasteiger partial charge in [0.15, 0.2) is 0 Å². The standard InChI is InChI=1S/C7H10N2O2/c1-5-4-6(10-2)9-7(8-5)11-3/h4H,1-3H3. The summed E-state index contributed by atoms with van der Waals surface area (Å²) < 4.78 is 9.74. The number of aromatic nitrogens is 2. The van der Waals surface area contributed by atoms with Crippen molar-refractivity contribution in [2.75, 3.05) is 14.2 Å². The van der Waals surface area contributed by atoms with Gasteiger partial charge >= 0.3 is 6.01 Å². The van der Waals surface area contributed by atoms with Crippen LogP contribution < -0.4 is 9.47 Å². The number of rotatable bonds is 2. The second kappa shape index (κ2) is 3.18. The van der Waals surface area contributed by atoms with E-state index in [0.29, 0.717) is 11.9 Å². The molecule has 0 aromatic carbocycles. The quantitative estimate of drug-likeness (QED) is 0.632. The van der Waals surface area contributed by atoms with Crippen molar-refractivity contribution < 1.29 is 9.47 Å². The molecule has 0 aliphatic heterocycles. The van der Waals surface area contributed by atoms with Crippen molar-refractivity contribution in [1.29, 1.82) is 0 Å². The van der Waals surface area contributed by atoms with Crippen LogP contribution in [0, 0.1) is 6.92 Å². The van der Waals surface area contributed by atoms with Gasteiger partial charge in [-0.2, -0.15) is 4.98 Å². The Kier molecular flexibility index (Phi) is 2.25. The van der Waals surface area contributed by atoms with E-state index in [0.717, 1.165) is 5.69 Å². The zero-order valence-corrected chi connectivity index (χ0v) is 6.79. The Balaban J connectivity index is 3.02. The minimum Gasteiger partial charge on any atom is -0.481 e. The summed E-state index contributed by atoms with van der Waals surface area (Å²) in [5.41, 5.74) is 0.828. The monoisotopic (exact) mass is 154 g/mol. The SMILES string of the molecule is COc1cc(C)nc(OC)n1. The van der Waals surface area contributed by atoms with Crippen LogP contribution in [0.25, 0.3) is 0 Å². The molecule has 0 saturated heterocycles. The second-order valence-corrected chi connectivity index (χ2v) is 2.04. The van der Waals surface area contributed by atoms with Crippen molar-refractivity contribution in [1.82, 2.24) is 9.97 Å². The van der Waals surface area contributed by atoms with E-state index < -0.39 is 0 Å². The summed E-state index contributed by atoms with van der Waals surface area (Å²) in [5, 5.41) is 0. The zero-order chi connectivity index (χ0) is 8.27. The second-order valence-electron chi connectivity index (χ2n) is 2.04. The molecular formula is C7H10N2O2. The van der Waals surface area contributed by atoms with Crippen molar-refractivity contribution in [2.45, 2.75) is 6.92 Å². The average Bonchev–Trinajstić information content (AvgIpc) is 2.03. The number of nitrogens with zero attached hydrogens (tertiary/aromatic N) is 2. The van der Waals surface area contributed by atoms with Crippen LogP contribution in [0.5, 0.6) is 11.9 Å². The fourth-order valence-corrected chi connectivity index (χ4v) is 0.709. The van der Waals surface area contributed by atoms with Gasteiger partial charge in [-0.25, -0.2) is 4.98 Å². The summed E-state index contributed by atoms with van der Waals surface area (Å²) in [5.74, 6) is 0.523.